The van der Waals surface area contributed by atoms with Crippen LogP contribution in [0.1, 0.15) is 36.8 Å². The summed E-state index contributed by atoms with van der Waals surface area (Å²) in [7, 11) is 0. The summed E-state index contributed by atoms with van der Waals surface area (Å²) < 4.78 is 0. The van der Waals surface area contributed by atoms with Gasteiger partial charge in [0.1, 0.15) is 0 Å². The smallest absolute Gasteiger partial charge is 0.0372 e. The second kappa shape index (κ2) is 5.09. The van der Waals surface area contributed by atoms with Gasteiger partial charge in [-0.3, -0.25) is 0 Å². The summed E-state index contributed by atoms with van der Waals surface area (Å²) >= 11 is 0. The minimum absolute atomic E-state index is 0.768. The van der Waals surface area contributed by atoms with Crippen molar-refractivity contribution in [2.24, 2.45) is 0 Å². The standard InChI is InChI=1S/C15H22N2/c1-3-13-11-12(6-8-15(13)17-10-1)5-7-14-4-2-9-16-14/h6,8,11,14,16-17H,1-5,7,9-10H2. The molecule has 3 rings (SSSR count). The summed E-state index contributed by atoms with van der Waals surface area (Å²) in [5.41, 5.74) is 4.40. The van der Waals surface area contributed by atoms with Crippen LogP contribution in [0.15, 0.2) is 18.2 Å². The van der Waals surface area contributed by atoms with E-state index in [2.05, 4.69) is 28.8 Å². The van der Waals surface area contributed by atoms with Crippen LogP contribution in [0.5, 0.6) is 0 Å². The third-order valence-corrected chi connectivity index (χ3v) is 4.05. The topological polar surface area (TPSA) is 24.1 Å². The first-order valence-electron chi connectivity index (χ1n) is 7.01. The van der Waals surface area contributed by atoms with Crippen molar-refractivity contribution in [3.8, 4) is 0 Å². The minimum atomic E-state index is 0.768. The lowest BCUT2D eigenvalue weighted by Crippen LogP contribution is -2.21. The Morgan fingerprint density at radius 1 is 1.18 bits per heavy atom. The van der Waals surface area contributed by atoms with Crippen molar-refractivity contribution >= 4 is 5.69 Å². The molecular formula is C15H22N2. The summed E-state index contributed by atoms with van der Waals surface area (Å²) in [6, 6.07) is 7.75. The summed E-state index contributed by atoms with van der Waals surface area (Å²) in [5.74, 6) is 0. The number of fused-ring (bicyclic) bond motifs is 1. The highest BCUT2D eigenvalue weighted by molar-refractivity contribution is 5.54. The van der Waals surface area contributed by atoms with E-state index >= 15 is 0 Å². The van der Waals surface area contributed by atoms with Gasteiger partial charge in [-0.25, -0.2) is 0 Å². The molecule has 2 aliphatic heterocycles. The Balaban J connectivity index is 1.62. The summed E-state index contributed by atoms with van der Waals surface area (Å²) in [5, 5.41) is 7.05. The van der Waals surface area contributed by atoms with Crippen LogP contribution in [-0.2, 0) is 12.8 Å². The lowest BCUT2D eigenvalue weighted by Gasteiger charge is -2.19. The molecule has 0 amide bonds. The van der Waals surface area contributed by atoms with E-state index in [1.54, 1.807) is 0 Å². The third-order valence-electron chi connectivity index (χ3n) is 4.05. The molecule has 0 spiro atoms. The molecule has 0 saturated carbocycles. The second-order valence-electron chi connectivity index (χ2n) is 5.35. The number of benzene rings is 1. The normalized spacial score (nSPS) is 23.2. The largest absolute Gasteiger partial charge is 0.385 e. The highest BCUT2D eigenvalue weighted by Crippen LogP contribution is 2.24. The van der Waals surface area contributed by atoms with Crippen LogP contribution in [0.25, 0.3) is 0 Å². The number of hydrogen-bond donors (Lipinski definition) is 2. The number of rotatable bonds is 3. The highest BCUT2D eigenvalue weighted by atomic mass is 14.9. The molecule has 2 heterocycles. The predicted octanol–water partition coefficient (Wildman–Crippen LogP) is 2.73. The molecule has 1 unspecified atom stereocenters. The Hall–Kier alpha value is -1.02. The maximum atomic E-state index is 3.58. The van der Waals surface area contributed by atoms with E-state index in [1.165, 1.54) is 61.9 Å². The van der Waals surface area contributed by atoms with E-state index in [-0.39, 0.29) is 0 Å². The Morgan fingerprint density at radius 2 is 2.18 bits per heavy atom. The molecule has 1 aromatic rings. The fourth-order valence-electron chi connectivity index (χ4n) is 3.03. The quantitative estimate of drug-likeness (QED) is 0.834. The molecule has 2 aliphatic rings. The van der Waals surface area contributed by atoms with E-state index < -0.39 is 0 Å². The maximum Gasteiger partial charge on any atom is 0.0372 e. The summed E-state index contributed by atoms with van der Waals surface area (Å²) in [6.07, 6.45) is 7.78. The number of aryl methyl sites for hydroxylation is 2. The van der Waals surface area contributed by atoms with Crippen LogP contribution in [0.2, 0.25) is 0 Å². The molecule has 92 valence electrons. The predicted molar refractivity (Wildman–Crippen MR) is 72.6 cm³/mol. The Bertz CT molecular complexity index is 381. The fraction of sp³-hybridized carbons (Fsp3) is 0.600. The van der Waals surface area contributed by atoms with Crippen molar-refractivity contribution in [1.82, 2.24) is 5.32 Å². The first kappa shape index (κ1) is 11.1. The van der Waals surface area contributed by atoms with Gasteiger partial charge in [0.05, 0.1) is 0 Å². The lowest BCUT2D eigenvalue weighted by atomic mass is 9.97. The molecule has 0 aliphatic carbocycles. The first-order chi connectivity index (χ1) is 8.42. The minimum Gasteiger partial charge on any atom is -0.385 e. The van der Waals surface area contributed by atoms with Crippen molar-refractivity contribution in [3.63, 3.8) is 0 Å². The molecule has 0 radical (unpaired) electrons. The molecule has 0 aromatic heterocycles. The summed E-state index contributed by atoms with van der Waals surface area (Å²) in [4.78, 5) is 0. The van der Waals surface area contributed by atoms with Gasteiger partial charge in [0.25, 0.3) is 0 Å². The summed E-state index contributed by atoms with van der Waals surface area (Å²) in [6.45, 7) is 2.36. The number of hydrogen-bond acceptors (Lipinski definition) is 2. The second-order valence-corrected chi connectivity index (χ2v) is 5.35. The van der Waals surface area contributed by atoms with Crippen molar-refractivity contribution in [3.05, 3.63) is 29.3 Å². The Morgan fingerprint density at radius 3 is 3.06 bits per heavy atom. The lowest BCUT2D eigenvalue weighted by molar-refractivity contribution is 0.559. The van der Waals surface area contributed by atoms with Gasteiger partial charge >= 0.3 is 0 Å². The molecule has 1 atom stereocenters. The van der Waals surface area contributed by atoms with Crippen LogP contribution in [0.4, 0.5) is 5.69 Å². The van der Waals surface area contributed by atoms with Crippen LogP contribution in [0, 0.1) is 0 Å². The van der Waals surface area contributed by atoms with Gasteiger partial charge in [0.15, 0.2) is 0 Å². The van der Waals surface area contributed by atoms with Crippen LogP contribution in [-0.4, -0.2) is 19.1 Å². The zero-order chi connectivity index (χ0) is 11.5. The van der Waals surface area contributed by atoms with E-state index in [4.69, 9.17) is 0 Å². The van der Waals surface area contributed by atoms with Crippen molar-refractivity contribution in [2.45, 2.75) is 44.6 Å². The van der Waals surface area contributed by atoms with Crippen molar-refractivity contribution < 1.29 is 0 Å². The number of nitrogens with one attached hydrogen (secondary N) is 2. The molecular weight excluding hydrogens is 208 g/mol. The molecule has 2 nitrogen and oxygen atoms in total. The van der Waals surface area contributed by atoms with Crippen LogP contribution < -0.4 is 10.6 Å². The zero-order valence-corrected chi connectivity index (χ0v) is 10.5. The average Bonchev–Trinajstić information content (AvgIpc) is 2.89. The van der Waals surface area contributed by atoms with Gasteiger partial charge < -0.3 is 10.6 Å². The van der Waals surface area contributed by atoms with Crippen molar-refractivity contribution in [1.29, 1.82) is 0 Å². The van der Waals surface area contributed by atoms with Gasteiger partial charge in [0, 0.05) is 18.3 Å². The van der Waals surface area contributed by atoms with Gasteiger partial charge in [-0.05, 0) is 62.3 Å². The van der Waals surface area contributed by atoms with E-state index in [0.717, 1.165) is 12.6 Å². The molecule has 1 saturated heterocycles. The third kappa shape index (κ3) is 2.63. The molecule has 2 heteroatoms. The Kier molecular flexibility index (Phi) is 3.32. The molecule has 1 aromatic carbocycles. The van der Waals surface area contributed by atoms with E-state index in [1.807, 2.05) is 0 Å². The fourth-order valence-corrected chi connectivity index (χ4v) is 3.03. The molecule has 17 heavy (non-hydrogen) atoms. The van der Waals surface area contributed by atoms with Gasteiger partial charge in [0.2, 0.25) is 0 Å². The SMILES string of the molecule is c1cc2c(cc1CCC1CCCN1)CCCN2. The Labute approximate surface area is 104 Å². The molecule has 0 bridgehead atoms. The number of anilines is 1. The molecule has 1 fully saturated rings. The van der Waals surface area contributed by atoms with Gasteiger partial charge in [-0.2, -0.15) is 0 Å². The van der Waals surface area contributed by atoms with Crippen LogP contribution >= 0.6 is 0 Å². The van der Waals surface area contributed by atoms with E-state index in [0.29, 0.717) is 0 Å². The van der Waals surface area contributed by atoms with Crippen molar-refractivity contribution in [2.75, 3.05) is 18.4 Å². The molecule has 2 N–H and O–H groups in total. The maximum absolute atomic E-state index is 3.58. The average molecular weight is 230 g/mol. The highest BCUT2D eigenvalue weighted by Gasteiger charge is 2.14. The van der Waals surface area contributed by atoms with E-state index in [9.17, 15) is 0 Å². The van der Waals surface area contributed by atoms with Gasteiger partial charge in [-0.15, -0.1) is 0 Å². The monoisotopic (exact) mass is 230 g/mol. The zero-order valence-electron chi connectivity index (χ0n) is 10.5. The first-order valence-corrected chi connectivity index (χ1v) is 7.01. The van der Waals surface area contributed by atoms with Gasteiger partial charge in [-0.1, -0.05) is 12.1 Å². The van der Waals surface area contributed by atoms with Crippen LogP contribution in [0.3, 0.4) is 0 Å².